The molecule has 0 amide bonds. The second-order valence-corrected chi connectivity index (χ2v) is 6.08. The average Bonchev–Trinajstić information content (AvgIpc) is 2.50. The number of halogens is 1. The molecule has 0 aromatic heterocycles. The van der Waals surface area contributed by atoms with Crippen LogP contribution >= 0.6 is 15.9 Å². The first-order chi connectivity index (χ1) is 10.2. The third-order valence-electron chi connectivity index (χ3n) is 3.82. The molecule has 0 spiro atoms. The van der Waals surface area contributed by atoms with Crippen molar-refractivity contribution in [3.8, 4) is 0 Å². The van der Waals surface area contributed by atoms with Crippen LogP contribution in [-0.4, -0.2) is 32.8 Å². The Labute approximate surface area is 138 Å². The van der Waals surface area contributed by atoms with Crippen molar-refractivity contribution in [1.29, 1.82) is 0 Å². The zero-order chi connectivity index (χ0) is 15.7. The van der Waals surface area contributed by atoms with Gasteiger partial charge >= 0.3 is 0 Å². The van der Waals surface area contributed by atoms with Gasteiger partial charge in [0.15, 0.2) is 0 Å². The molecule has 1 rings (SSSR count). The van der Waals surface area contributed by atoms with Crippen molar-refractivity contribution in [2.24, 2.45) is 0 Å². The smallest absolute Gasteiger partial charge is 0.0637 e. The molecule has 0 saturated carbocycles. The molecule has 1 aromatic rings. The van der Waals surface area contributed by atoms with Crippen molar-refractivity contribution in [3.63, 3.8) is 0 Å². The van der Waals surface area contributed by atoms with Gasteiger partial charge in [-0.05, 0) is 53.0 Å². The Hall–Kier alpha value is -0.580. The number of ether oxygens (including phenoxy) is 1. The number of nitrogens with zero attached hydrogens (tertiary/aromatic N) is 1. The summed E-state index contributed by atoms with van der Waals surface area (Å²) in [6, 6.07) is 7.21. The highest BCUT2D eigenvalue weighted by Gasteiger charge is 2.18. The highest BCUT2D eigenvalue weighted by Crippen LogP contribution is 2.30. The summed E-state index contributed by atoms with van der Waals surface area (Å²) in [5.74, 6) is 0. The van der Waals surface area contributed by atoms with Crippen molar-refractivity contribution < 1.29 is 4.74 Å². The fourth-order valence-electron chi connectivity index (χ4n) is 2.58. The van der Waals surface area contributed by atoms with Gasteiger partial charge in [0.25, 0.3) is 0 Å². The van der Waals surface area contributed by atoms with Crippen molar-refractivity contribution in [1.82, 2.24) is 5.32 Å². The lowest BCUT2D eigenvalue weighted by molar-refractivity contribution is 0.202. The highest BCUT2D eigenvalue weighted by atomic mass is 79.9. The fraction of sp³-hybridized carbons (Fsp3) is 0.647. The van der Waals surface area contributed by atoms with E-state index in [-0.39, 0.29) is 0 Å². The van der Waals surface area contributed by atoms with E-state index >= 15 is 0 Å². The molecule has 120 valence electrons. The molecule has 21 heavy (non-hydrogen) atoms. The number of rotatable bonds is 10. The summed E-state index contributed by atoms with van der Waals surface area (Å²) >= 11 is 3.75. The average molecular weight is 357 g/mol. The minimum atomic E-state index is 0.552. The summed E-state index contributed by atoms with van der Waals surface area (Å²) in [7, 11) is 1.76. The van der Waals surface area contributed by atoms with E-state index in [1.807, 2.05) is 0 Å². The largest absolute Gasteiger partial charge is 0.383 e. The van der Waals surface area contributed by atoms with Gasteiger partial charge in [0.1, 0.15) is 0 Å². The van der Waals surface area contributed by atoms with Gasteiger partial charge in [0.2, 0.25) is 0 Å². The summed E-state index contributed by atoms with van der Waals surface area (Å²) in [6.07, 6.45) is 2.29. The van der Waals surface area contributed by atoms with E-state index in [1.54, 1.807) is 7.11 Å². The van der Waals surface area contributed by atoms with E-state index in [2.05, 4.69) is 65.1 Å². The summed E-state index contributed by atoms with van der Waals surface area (Å²) in [6.45, 7) is 10.2. The predicted octanol–water partition coefficient (Wildman–Crippen LogP) is 4.20. The first kappa shape index (κ1) is 18.5. The standard InChI is InChI=1S/C17H29BrN2O/c1-5-15(6-2)20(10-11-21-4)17-9-8-14(12-16(17)18)13-19-7-3/h8-9,12,15,19H,5-7,10-11,13H2,1-4H3. The van der Waals surface area contributed by atoms with E-state index in [4.69, 9.17) is 4.74 Å². The summed E-state index contributed by atoms with van der Waals surface area (Å²) in [4.78, 5) is 2.46. The lowest BCUT2D eigenvalue weighted by Crippen LogP contribution is -2.37. The number of methoxy groups -OCH3 is 1. The first-order valence-corrected chi connectivity index (χ1v) is 8.71. The maximum Gasteiger partial charge on any atom is 0.0637 e. The normalized spacial score (nSPS) is 11.1. The van der Waals surface area contributed by atoms with Crippen LogP contribution in [0.25, 0.3) is 0 Å². The number of hydrogen-bond donors (Lipinski definition) is 1. The molecule has 0 saturated heterocycles. The number of anilines is 1. The molecule has 0 bridgehead atoms. The molecule has 0 radical (unpaired) electrons. The molecule has 0 heterocycles. The van der Waals surface area contributed by atoms with Crippen LogP contribution in [0.4, 0.5) is 5.69 Å². The predicted molar refractivity (Wildman–Crippen MR) is 95.1 cm³/mol. The van der Waals surface area contributed by atoms with Gasteiger partial charge in [-0.2, -0.15) is 0 Å². The van der Waals surface area contributed by atoms with Gasteiger partial charge in [-0.3, -0.25) is 0 Å². The second-order valence-electron chi connectivity index (χ2n) is 5.22. The molecule has 0 aliphatic rings. The second kappa shape index (κ2) is 10.2. The van der Waals surface area contributed by atoms with Crippen LogP contribution in [0.1, 0.15) is 39.2 Å². The van der Waals surface area contributed by atoms with Crippen LogP contribution in [0, 0.1) is 0 Å². The molecule has 4 heteroatoms. The van der Waals surface area contributed by atoms with Gasteiger partial charge in [0, 0.05) is 30.7 Å². The first-order valence-electron chi connectivity index (χ1n) is 7.92. The van der Waals surface area contributed by atoms with Gasteiger partial charge in [-0.25, -0.2) is 0 Å². The zero-order valence-corrected chi connectivity index (χ0v) is 15.4. The highest BCUT2D eigenvalue weighted by molar-refractivity contribution is 9.10. The summed E-state index contributed by atoms with van der Waals surface area (Å²) < 4.78 is 6.45. The lowest BCUT2D eigenvalue weighted by Gasteiger charge is -2.33. The molecule has 0 fully saturated rings. The van der Waals surface area contributed by atoms with Crippen LogP contribution in [-0.2, 0) is 11.3 Å². The molecule has 0 aliphatic carbocycles. The van der Waals surface area contributed by atoms with Gasteiger partial charge in [-0.1, -0.05) is 26.8 Å². The molecular weight excluding hydrogens is 328 g/mol. The third kappa shape index (κ3) is 5.61. The zero-order valence-electron chi connectivity index (χ0n) is 13.8. The van der Waals surface area contributed by atoms with Gasteiger partial charge < -0.3 is 15.0 Å². The van der Waals surface area contributed by atoms with Crippen LogP contribution in [0.15, 0.2) is 22.7 Å². The van der Waals surface area contributed by atoms with Gasteiger partial charge in [-0.15, -0.1) is 0 Å². The Morgan fingerprint density at radius 3 is 2.48 bits per heavy atom. The Morgan fingerprint density at radius 1 is 1.24 bits per heavy atom. The lowest BCUT2D eigenvalue weighted by atomic mass is 10.1. The molecule has 1 aromatic carbocycles. The number of benzene rings is 1. The SMILES string of the molecule is CCNCc1ccc(N(CCOC)C(CC)CC)c(Br)c1. The quantitative estimate of drug-likeness (QED) is 0.679. The molecule has 1 N–H and O–H groups in total. The van der Waals surface area contributed by atoms with Crippen molar-refractivity contribution in [2.45, 2.75) is 46.2 Å². The Morgan fingerprint density at radius 2 is 1.95 bits per heavy atom. The van der Waals surface area contributed by atoms with E-state index in [9.17, 15) is 0 Å². The van der Waals surface area contributed by atoms with Crippen LogP contribution < -0.4 is 10.2 Å². The molecule has 0 unspecified atom stereocenters. The number of hydrogen-bond acceptors (Lipinski definition) is 3. The minimum absolute atomic E-state index is 0.552. The summed E-state index contributed by atoms with van der Waals surface area (Å²) in [5, 5.41) is 3.37. The van der Waals surface area contributed by atoms with E-state index in [0.717, 1.165) is 39.1 Å². The van der Waals surface area contributed by atoms with Crippen LogP contribution in [0.3, 0.4) is 0 Å². The summed E-state index contributed by atoms with van der Waals surface area (Å²) in [5.41, 5.74) is 2.57. The van der Waals surface area contributed by atoms with Crippen molar-refractivity contribution in [2.75, 3.05) is 31.7 Å². The maximum absolute atomic E-state index is 5.28. The van der Waals surface area contributed by atoms with Crippen molar-refractivity contribution >= 4 is 21.6 Å². The van der Waals surface area contributed by atoms with E-state index < -0.39 is 0 Å². The monoisotopic (exact) mass is 356 g/mol. The van der Waals surface area contributed by atoms with Crippen molar-refractivity contribution in [3.05, 3.63) is 28.2 Å². The van der Waals surface area contributed by atoms with E-state index in [1.165, 1.54) is 15.7 Å². The maximum atomic E-state index is 5.28. The Bertz CT molecular complexity index is 408. The van der Waals surface area contributed by atoms with Gasteiger partial charge in [0.05, 0.1) is 12.3 Å². The third-order valence-corrected chi connectivity index (χ3v) is 4.46. The fourth-order valence-corrected chi connectivity index (χ4v) is 3.24. The topological polar surface area (TPSA) is 24.5 Å². The number of nitrogens with one attached hydrogen (secondary N) is 1. The Balaban J connectivity index is 2.95. The molecule has 0 aliphatic heterocycles. The molecule has 3 nitrogen and oxygen atoms in total. The van der Waals surface area contributed by atoms with Crippen LogP contribution in [0.5, 0.6) is 0 Å². The molecule has 0 atom stereocenters. The molecular formula is C17H29BrN2O. The Kier molecular flexibility index (Phi) is 8.97. The van der Waals surface area contributed by atoms with Crippen LogP contribution in [0.2, 0.25) is 0 Å². The van der Waals surface area contributed by atoms with E-state index in [0.29, 0.717) is 6.04 Å². The minimum Gasteiger partial charge on any atom is -0.383 e.